The van der Waals surface area contributed by atoms with E-state index in [4.69, 9.17) is 0 Å². The van der Waals surface area contributed by atoms with Gasteiger partial charge in [-0.05, 0) is 11.8 Å². The molecular formula is C10H20. The zero-order chi connectivity index (χ0) is 8.78. The maximum Gasteiger partial charge on any atom is -0.0176 e. The standard InChI is InChI=1S/C8H16.C2H4/c1-6-7(2)8(3,4)5;1-2/h2,6H2,1,3-5H3;1-2H2. The highest BCUT2D eigenvalue weighted by Gasteiger charge is 2.11. The third-order valence-electron chi connectivity index (χ3n) is 1.49. The molecular weight excluding hydrogens is 120 g/mol. The van der Waals surface area contributed by atoms with E-state index in [0.29, 0.717) is 5.41 Å². The number of hydrogen-bond acceptors (Lipinski definition) is 0. The Morgan fingerprint density at radius 3 is 1.50 bits per heavy atom. The first kappa shape index (κ1) is 12.2. The van der Waals surface area contributed by atoms with Crippen LogP contribution >= 0.6 is 0 Å². The molecule has 0 saturated heterocycles. The van der Waals surface area contributed by atoms with Crippen LogP contribution in [0.5, 0.6) is 0 Å². The molecule has 0 aliphatic heterocycles. The summed E-state index contributed by atoms with van der Waals surface area (Å²) < 4.78 is 0. The van der Waals surface area contributed by atoms with Crippen molar-refractivity contribution >= 4 is 0 Å². The van der Waals surface area contributed by atoms with Crippen molar-refractivity contribution in [1.82, 2.24) is 0 Å². The van der Waals surface area contributed by atoms with E-state index in [2.05, 4.69) is 47.4 Å². The van der Waals surface area contributed by atoms with Crippen LogP contribution in [0.1, 0.15) is 34.1 Å². The van der Waals surface area contributed by atoms with Gasteiger partial charge in [0, 0.05) is 0 Å². The van der Waals surface area contributed by atoms with Gasteiger partial charge in [-0.25, -0.2) is 0 Å². The van der Waals surface area contributed by atoms with Gasteiger partial charge in [0.2, 0.25) is 0 Å². The van der Waals surface area contributed by atoms with E-state index in [1.807, 2.05) is 0 Å². The topological polar surface area (TPSA) is 0 Å². The van der Waals surface area contributed by atoms with Crippen molar-refractivity contribution in [3.63, 3.8) is 0 Å². The van der Waals surface area contributed by atoms with E-state index < -0.39 is 0 Å². The fourth-order valence-electron chi connectivity index (χ4n) is 0.530. The summed E-state index contributed by atoms with van der Waals surface area (Å²) in [5, 5.41) is 0. The first-order valence-corrected chi connectivity index (χ1v) is 3.66. The molecule has 0 aromatic heterocycles. The van der Waals surface area contributed by atoms with Gasteiger partial charge in [-0.15, -0.1) is 13.2 Å². The summed E-state index contributed by atoms with van der Waals surface area (Å²) in [5.74, 6) is 0. The molecule has 0 bridgehead atoms. The predicted octanol–water partition coefficient (Wildman–Crippen LogP) is 3.80. The quantitative estimate of drug-likeness (QED) is 0.486. The van der Waals surface area contributed by atoms with Crippen LogP contribution < -0.4 is 0 Å². The Bertz CT molecular complexity index is 93.1. The second-order valence-corrected chi connectivity index (χ2v) is 3.21. The molecule has 0 rings (SSSR count). The molecule has 0 aromatic carbocycles. The zero-order valence-corrected chi connectivity index (χ0v) is 7.83. The lowest BCUT2D eigenvalue weighted by Crippen LogP contribution is -2.06. The zero-order valence-electron chi connectivity index (χ0n) is 7.83. The molecule has 0 spiro atoms. The normalized spacial score (nSPS) is 9.60. The van der Waals surface area contributed by atoms with Crippen molar-refractivity contribution in [3.8, 4) is 0 Å². The van der Waals surface area contributed by atoms with Crippen LogP contribution in [0.4, 0.5) is 0 Å². The summed E-state index contributed by atoms with van der Waals surface area (Å²) in [6.45, 7) is 18.7. The average Bonchev–Trinajstić information content (AvgIpc) is 1.89. The van der Waals surface area contributed by atoms with E-state index >= 15 is 0 Å². The predicted molar refractivity (Wildman–Crippen MR) is 50.1 cm³/mol. The van der Waals surface area contributed by atoms with Gasteiger partial charge in [-0.1, -0.05) is 39.8 Å². The van der Waals surface area contributed by atoms with Gasteiger partial charge >= 0.3 is 0 Å². The third-order valence-corrected chi connectivity index (χ3v) is 1.49. The molecule has 0 heterocycles. The van der Waals surface area contributed by atoms with Crippen LogP contribution in [0, 0.1) is 5.41 Å². The van der Waals surface area contributed by atoms with Crippen molar-refractivity contribution in [2.45, 2.75) is 34.1 Å². The first-order chi connectivity index (χ1) is 4.48. The summed E-state index contributed by atoms with van der Waals surface area (Å²) in [7, 11) is 0. The summed E-state index contributed by atoms with van der Waals surface area (Å²) in [6.07, 6.45) is 1.10. The smallest absolute Gasteiger partial charge is 0.0176 e. The molecule has 60 valence electrons. The molecule has 10 heavy (non-hydrogen) atoms. The van der Waals surface area contributed by atoms with Gasteiger partial charge in [0.05, 0.1) is 0 Å². The largest absolute Gasteiger partial charge is 0.106 e. The van der Waals surface area contributed by atoms with Gasteiger partial charge in [0.1, 0.15) is 0 Å². The molecule has 0 saturated carbocycles. The Morgan fingerprint density at radius 2 is 1.50 bits per heavy atom. The maximum absolute atomic E-state index is 3.94. The van der Waals surface area contributed by atoms with E-state index in [9.17, 15) is 0 Å². The molecule has 0 radical (unpaired) electrons. The Hall–Kier alpha value is -0.520. The molecule has 0 unspecified atom stereocenters. The highest BCUT2D eigenvalue weighted by molar-refractivity contribution is 5.03. The van der Waals surface area contributed by atoms with Crippen LogP contribution in [-0.4, -0.2) is 0 Å². The fraction of sp³-hybridized carbons (Fsp3) is 0.600. The van der Waals surface area contributed by atoms with Crippen LogP contribution in [0.25, 0.3) is 0 Å². The third kappa shape index (κ3) is 5.61. The van der Waals surface area contributed by atoms with Crippen molar-refractivity contribution < 1.29 is 0 Å². The lowest BCUT2D eigenvalue weighted by Gasteiger charge is -2.19. The maximum atomic E-state index is 3.94. The SMILES string of the molecule is C=C.C=C(CC)C(C)(C)C. The van der Waals surface area contributed by atoms with Crippen molar-refractivity contribution in [1.29, 1.82) is 0 Å². The number of hydrogen-bond donors (Lipinski definition) is 0. The Labute approximate surface area is 65.7 Å². The monoisotopic (exact) mass is 140 g/mol. The van der Waals surface area contributed by atoms with Gasteiger partial charge in [-0.2, -0.15) is 0 Å². The second-order valence-electron chi connectivity index (χ2n) is 3.21. The minimum atomic E-state index is 0.314. The average molecular weight is 140 g/mol. The second kappa shape index (κ2) is 5.28. The van der Waals surface area contributed by atoms with Crippen molar-refractivity contribution in [3.05, 3.63) is 25.3 Å². The molecule has 0 N–H and O–H groups in total. The van der Waals surface area contributed by atoms with E-state index in [0.717, 1.165) is 6.42 Å². The molecule has 0 nitrogen and oxygen atoms in total. The highest BCUT2D eigenvalue weighted by Crippen LogP contribution is 2.25. The lowest BCUT2D eigenvalue weighted by atomic mass is 9.86. The van der Waals surface area contributed by atoms with Crippen LogP contribution in [-0.2, 0) is 0 Å². The van der Waals surface area contributed by atoms with Gasteiger partial charge in [0.15, 0.2) is 0 Å². The summed E-state index contributed by atoms with van der Waals surface area (Å²) in [5.41, 5.74) is 1.65. The minimum absolute atomic E-state index is 0.314. The molecule has 0 aromatic rings. The lowest BCUT2D eigenvalue weighted by molar-refractivity contribution is 0.490. The van der Waals surface area contributed by atoms with Gasteiger partial charge < -0.3 is 0 Å². The van der Waals surface area contributed by atoms with E-state index in [-0.39, 0.29) is 0 Å². The summed E-state index contributed by atoms with van der Waals surface area (Å²) in [6, 6.07) is 0. The molecule has 0 atom stereocenters. The summed E-state index contributed by atoms with van der Waals surface area (Å²) in [4.78, 5) is 0. The Morgan fingerprint density at radius 1 is 1.20 bits per heavy atom. The molecule has 0 heteroatoms. The van der Waals surface area contributed by atoms with E-state index in [1.54, 1.807) is 0 Å². The van der Waals surface area contributed by atoms with Gasteiger partial charge in [-0.3, -0.25) is 0 Å². The van der Waals surface area contributed by atoms with E-state index in [1.165, 1.54) is 5.57 Å². The van der Waals surface area contributed by atoms with Crippen molar-refractivity contribution in [2.75, 3.05) is 0 Å². The number of rotatable bonds is 1. The van der Waals surface area contributed by atoms with Crippen LogP contribution in [0.3, 0.4) is 0 Å². The molecule has 0 amide bonds. The highest BCUT2D eigenvalue weighted by atomic mass is 14.2. The summed E-state index contributed by atoms with van der Waals surface area (Å²) >= 11 is 0. The molecule has 0 fully saturated rings. The molecule has 0 aliphatic rings. The Kier molecular flexibility index (Phi) is 6.43. The van der Waals surface area contributed by atoms with Gasteiger partial charge in [0.25, 0.3) is 0 Å². The number of allylic oxidation sites excluding steroid dienone is 1. The molecule has 0 aliphatic carbocycles. The van der Waals surface area contributed by atoms with Crippen LogP contribution in [0.15, 0.2) is 25.3 Å². The van der Waals surface area contributed by atoms with Crippen molar-refractivity contribution in [2.24, 2.45) is 5.41 Å². The fourth-order valence-corrected chi connectivity index (χ4v) is 0.530. The first-order valence-electron chi connectivity index (χ1n) is 3.66. The Balaban J connectivity index is 0. The minimum Gasteiger partial charge on any atom is -0.106 e. The van der Waals surface area contributed by atoms with Crippen LogP contribution in [0.2, 0.25) is 0 Å².